The molecule has 0 atom stereocenters. The van der Waals surface area contributed by atoms with E-state index in [2.05, 4.69) is 26.0 Å². The highest BCUT2D eigenvalue weighted by Gasteiger charge is 2.49. The van der Waals surface area contributed by atoms with Crippen LogP contribution in [0.1, 0.15) is 57.4 Å². The number of amides is 2. The first-order chi connectivity index (χ1) is 12.6. The van der Waals surface area contributed by atoms with Crippen LogP contribution >= 0.6 is 11.8 Å². The van der Waals surface area contributed by atoms with E-state index >= 15 is 0 Å². The van der Waals surface area contributed by atoms with E-state index in [0.717, 1.165) is 44.5 Å². The largest absolute Gasteiger partial charge is 0.342 e. The van der Waals surface area contributed by atoms with Crippen LogP contribution in [0.2, 0.25) is 0 Å². The molecule has 2 aliphatic heterocycles. The highest BCUT2D eigenvalue weighted by atomic mass is 32.2. The maximum Gasteiger partial charge on any atom is 0.238 e. The van der Waals surface area contributed by atoms with Crippen molar-refractivity contribution in [2.75, 3.05) is 23.7 Å². The molecule has 142 valence electrons. The van der Waals surface area contributed by atoms with Crippen molar-refractivity contribution in [1.29, 1.82) is 0 Å². The van der Waals surface area contributed by atoms with Gasteiger partial charge in [0.15, 0.2) is 0 Å². The van der Waals surface area contributed by atoms with E-state index in [4.69, 9.17) is 0 Å². The summed E-state index contributed by atoms with van der Waals surface area (Å²) in [6, 6.07) is 8.20. The Morgan fingerprint density at radius 2 is 1.96 bits per heavy atom. The van der Waals surface area contributed by atoms with E-state index in [-0.39, 0.29) is 16.7 Å². The van der Waals surface area contributed by atoms with Crippen LogP contribution < -0.4 is 4.90 Å². The smallest absolute Gasteiger partial charge is 0.238 e. The Kier molecular flexibility index (Phi) is 6.28. The molecule has 4 nitrogen and oxygen atoms in total. The molecule has 3 rings (SSSR count). The minimum Gasteiger partial charge on any atom is -0.342 e. The second kappa shape index (κ2) is 8.47. The third-order valence-electron chi connectivity index (χ3n) is 5.52. The third kappa shape index (κ3) is 4.08. The molecule has 2 aliphatic rings. The van der Waals surface area contributed by atoms with Crippen molar-refractivity contribution in [1.82, 2.24) is 4.90 Å². The van der Waals surface area contributed by atoms with Gasteiger partial charge in [0.05, 0.1) is 10.6 Å². The van der Waals surface area contributed by atoms with Gasteiger partial charge in [-0.05, 0) is 43.9 Å². The molecule has 2 saturated heterocycles. The van der Waals surface area contributed by atoms with Crippen LogP contribution in [-0.2, 0) is 9.59 Å². The minimum absolute atomic E-state index is 0.177. The summed E-state index contributed by atoms with van der Waals surface area (Å²) in [5, 5.41) is 0. The molecule has 2 heterocycles. The molecule has 1 aromatic carbocycles. The van der Waals surface area contributed by atoms with Crippen LogP contribution in [-0.4, -0.2) is 40.4 Å². The van der Waals surface area contributed by atoms with Crippen LogP contribution in [0, 0.1) is 6.92 Å². The molecule has 2 fully saturated rings. The molecule has 1 aromatic rings. The van der Waals surface area contributed by atoms with Gasteiger partial charge in [-0.25, -0.2) is 0 Å². The number of nitrogens with zero attached hydrogens (tertiary/aromatic N) is 2. The zero-order valence-corrected chi connectivity index (χ0v) is 16.8. The first kappa shape index (κ1) is 19.3. The fourth-order valence-corrected chi connectivity index (χ4v) is 5.36. The Labute approximate surface area is 161 Å². The molecule has 0 aliphatic carbocycles. The van der Waals surface area contributed by atoms with Crippen molar-refractivity contribution < 1.29 is 9.59 Å². The molecule has 5 heteroatoms. The number of piperidine rings is 1. The van der Waals surface area contributed by atoms with Crippen LogP contribution in [0.4, 0.5) is 5.69 Å². The fraction of sp³-hybridized carbons (Fsp3) is 0.619. The average molecular weight is 375 g/mol. The molecule has 0 saturated carbocycles. The number of anilines is 1. The molecule has 0 aromatic heterocycles. The first-order valence-electron chi connectivity index (χ1n) is 9.87. The van der Waals surface area contributed by atoms with Crippen molar-refractivity contribution in [3.63, 3.8) is 0 Å². The quantitative estimate of drug-likeness (QED) is 0.695. The average Bonchev–Trinajstić information content (AvgIpc) is 2.95. The predicted octanol–water partition coefficient (Wildman–Crippen LogP) is 4.36. The van der Waals surface area contributed by atoms with Gasteiger partial charge in [0.2, 0.25) is 11.8 Å². The zero-order valence-electron chi connectivity index (χ0n) is 16.0. The Balaban J connectivity index is 1.63. The number of carbonyl (C=O) groups excluding carboxylic acids is 2. The van der Waals surface area contributed by atoms with E-state index in [0.29, 0.717) is 12.2 Å². The number of benzene rings is 1. The van der Waals surface area contributed by atoms with Gasteiger partial charge >= 0.3 is 0 Å². The number of likely N-dealkylation sites (tertiary alicyclic amines) is 1. The summed E-state index contributed by atoms with van der Waals surface area (Å²) in [6.45, 7) is 5.76. The maximum absolute atomic E-state index is 12.6. The number of unbranched alkanes of at least 4 members (excludes halogenated alkanes) is 3. The van der Waals surface area contributed by atoms with E-state index < -0.39 is 0 Å². The Morgan fingerprint density at radius 3 is 2.65 bits per heavy atom. The number of thioether (sulfide) groups is 1. The van der Waals surface area contributed by atoms with Crippen LogP contribution in [0.3, 0.4) is 0 Å². The maximum atomic E-state index is 12.6. The Bertz CT molecular complexity index is 653. The fourth-order valence-electron chi connectivity index (χ4n) is 4.03. The van der Waals surface area contributed by atoms with Gasteiger partial charge < -0.3 is 4.90 Å². The van der Waals surface area contributed by atoms with Gasteiger partial charge in [-0.1, -0.05) is 38.3 Å². The molecule has 1 spiro atoms. The topological polar surface area (TPSA) is 40.6 Å². The summed E-state index contributed by atoms with van der Waals surface area (Å²) >= 11 is 1.76. The molecule has 2 amide bonds. The number of hydrogen-bond acceptors (Lipinski definition) is 3. The molecule has 0 radical (unpaired) electrons. The lowest BCUT2D eigenvalue weighted by atomic mass is 10.00. The van der Waals surface area contributed by atoms with E-state index in [1.165, 1.54) is 18.4 Å². The number of hydrogen-bond donors (Lipinski definition) is 0. The van der Waals surface area contributed by atoms with Crippen molar-refractivity contribution >= 4 is 29.3 Å². The van der Waals surface area contributed by atoms with Crippen molar-refractivity contribution in [2.24, 2.45) is 0 Å². The summed E-state index contributed by atoms with van der Waals surface area (Å²) in [7, 11) is 0. The molecular formula is C21H30N2O2S. The van der Waals surface area contributed by atoms with E-state index in [9.17, 15) is 9.59 Å². The Hall–Kier alpha value is -1.49. The summed E-state index contributed by atoms with van der Waals surface area (Å²) in [5.74, 6) is 1.02. The minimum atomic E-state index is -0.177. The molecule has 0 unspecified atom stereocenters. The predicted molar refractivity (Wildman–Crippen MR) is 108 cm³/mol. The standard InChI is InChI=1S/C21H30N2O2S/c1-3-4-5-6-10-19(24)22-13-11-21(12-14-22)23(20(25)16-26-21)18-9-7-8-17(2)15-18/h7-9,15H,3-6,10-14,16H2,1-2H3. The van der Waals surface area contributed by atoms with Gasteiger partial charge in [0.25, 0.3) is 0 Å². The molecular weight excluding hydrogens is 344 g/mol. The second-order valence-corrected chi connectivity index (χ2v) is 8.83. The lowest BCUT2D eigenvalue weighted by Crippen LogP contribution is -2.53. The van der Waals surface area contributed by atoms with Crippen molar-refractivity contribution in [3.8, 4) is 0 Å². The van der Waals surface area contributed by atoms with Crippen LogP contribution in [0.25, 0.3) is 0 Å². The summed E-state index contributed by atoms with van der Waals surface area (Å²) in [4.78, 5) is 28.9. The highest BCUT2D eigenvalue weighted by Crippen LogP contribution is 2.46. The van der Waals surface area contributed by atoms with E-state index in [1.54, 1.807) is 11.8 Å². The lowest BCUT2D eigenvalue weighted by molar-refractivity contribution is -0.132. The summed E-state index contributed by atoms with van der Waals surface area (Å²) in [6.07, 6.45) is 6.93. The molecule has 0 N–H and O–H groups in total. The first-order valence-corrected chi connectivity index (χ1v) is 10.9. The van der Waals surface area contributed by atoms with Crippen LogP contribution in [0.15, 0.2) is 24.3 Å². The lowest BCUT2D eigenvalue weighted by Gasteiger charge is -2.44. The summed E-state index contributed by atoms with van der Waals surface area (Å²) in [5.41, 5.74) is 2.17. The highest BCUT2D eigenvalue weighted by molar-refractivity contribution is 8.02. The van der Waals surface area contributed by atoms with Gasteiger partial charge in [-0.3, -0.25) is 14.5 Å². The van der Waals surface area contributed by atoms with Crippen molar-refractivity contribution in [2.45, 2.75) is 63.7 Å². The summed E-state index contributed by atoms with van der Waals surface area (Å²) < 4.78 is 0. The van der Waals surface area contributed by atoms with E-state index in [1.807, 2.05) is 21.9 Å². The SMILES string of the molecule is CCCCCCC(=O)N1CCC2(CC1)SCC(=O)N2c1cccc(C)c1. The zero-order chi connectivity index (χ0) is 18.6. The molecule has 0 bridgehead atoms. The van der Waals surface area contributed by atoms with Gasteiger partial charge in [0, 0.05) is 25.2 Å². The van der Waals surface area contributed by atoms with Gasteiger partial charge in [-0.15, -0.1) is 11.8 Å². The monoisotopic (exact) mass is 374 g/mol. The van der Waals surface area contributed by atoms with Crippen LogP contribution in [0.5, 0.6) is 0 Å². The van der Waals surface area contributed by atoms with Crippen molar-refractivity contribution in [3.05, 3.63) is 29.8 Å². The number of carbonyl (C=O) groups is 2. The number of aryl methyl sites for hydroxylation is 1. The van der Waals surface area contributed by atoms with Gasteiger partial charge in [0.1, 0.15) is 0 Å². The van der Waals surface area contributed by atoms with Gasteiger partial charge in [-0.2, -0.15) is 0 Å². The normalized spacial score (nSPS) is 19.4. The Morgan fingerprint density at radius 1 is 1.19 bits per heavy atom. The number of rotatable bonds is 6. The molecule has 26 heavy (non-hydrogen) atoms. The third-order valence-corrected chi connectivity index (χ3v) is 7.04. The second-order valence-electron chi connectivity index (χ2n) is 7.49.